The number of carbonyl (C=O) groups is 1. The first-order valence-electron chi connectivity index (χ1n) is 7.31. The molecule has 1 aliphatic rings. The molecule has 0 saturated heterocycles. The Kier molecular flexibility index (Phi) is 5.98. The molecule has 1 amide bonds. The van der Waals surface area contributed by atoms with Crippen molar-refractivity contribution in [2.45, 2.75) is 31.7 Å². The second-order valence-corrected chi connectivity index (χ2v) is 6.55. The largest absolute Gasteiger partial charge is 0.497 e. The first-order chi connectivity index (χ1) is 10.6. The zero-order chi connectivity index (χ0) is 15.5. The summed E-state index contributed by atoms with van der Waals surface area (Å²) < 4.78 is 5.11. The molecule has 0 saturated carbocycles. The van der Waals surface area contributed by atoms with Crippen molar-refractivity contribution in [3.8, 4) is 5.75 Å². The van der Waals surface area contributed by atoms with Gasteiger partial charge in [-0.15, -0.1) is 23.7 Å². The molecule has 1 aromatic heterocycles. The molecule has 1 aromatic carbocycles. The Hall–Kier alpha value is -1.63. The van der Waals surface area contributed by atoms with E-state index >= 15 is 0 Å². The first-order valence-corrected chi connectivity index (χ1v) is 8.12. The van der Waals surface area contributed by atoms with Crippen LogP contribution in [0.15, 0.2) is 24.3 Å². The van der Waals surface area contributed by atoms with Gasteiger partial charge in [-0.2, -0.15) is 0 Å². The summed E-state index contributed by atoms with van der Waals surface area (Å²) in [5, 5.41) is 3.57. The van der Waals surface area contributed by atoms with E-state index in [-0.39, 0.29) is 24.4 Å². The molecule has 124 valence electrons. The van der Waals surface area contributed by atoms with E-state index in [0.29, 0.717) is 11.6 Å². The highest BCUT2D eigenvalue weighted by molar-refractivity contribution is 7.15. The van der Waals surface area contributed by atoms with Crippen LogP contribution in [0.25, 0.3) is 0 Å². The molecule has 1 heterocycles. The summed E-state index contributed by atoms with van der Waals surface area (Å²) in [6.07, 6.45) is 3.06. The molecule has 0 bridgehead atoms. The minimum absolute atomic E-state index is 0. The molecule has 7 heteroatoms. The number of hydrogen-bond donors (Lipinski definition) is 2. The zero-order valence-electron chi connectivity index (χ0n) is 12.9. The standard InChI is InChI=1S/C16H19N3O2S.ClH/c1-21-12-5-2-10(3-6-12)8-15(20)19-16-18-13-7-4-11(17)9-14(13)22-16;/h2-3,5-6,11H,4,7-9,17H2,1H3,(H,18,19,20);1H/t11-;/m0./s1. The van der Waals surface area contributed by atoms with Gasteiger partial charge in [0.25, 0.3) is 0 Å². The van der Waals surface area contributed by atoms with E-state index in [2.05, 4.69) is 10.3 Å². The second-order valence-electron chi connectivity index (χ2n) is 5.46. The number of benzene rings is 1. The molecule has 2 aromatic rings. The van der Waals surface area contributed by atoms with E-state index < -0.39 is 0 Å². The number of thiazole rings is 1. The topological polar surface area (TPSA) is 77.2 Å². The van der Waals surface area contributed by atoms with Crippen molar-refractivity contribution in [2.75, 3.05) is 12.4 Å². The van der Waals surface area contributed by atoms with E-state index in [9.17, 15) is 4.79 Å². The quantitative estimate of drug-likeness (QED) is 0.885. The molecule has 0 aliphatic heterocycles. The van der Waals surface area contributed by atoms with Gasteiger partial charge >= 0.3 is 0 Å². The highest BCUT2D eigenvalue weighted by atomic mass is 35.5. The number of hydrogen-bond acceptors (Lipinski definition) is 5. The van der Waals surface area contributed by atoms with Crippen LogP contribution in [0.5, 0.6) is 5.75 Å². The van der Waals surface area contributed by atoms with Crippen LogP contribution in [-0.2, 0) is 24.1 Å². The van der Waals surface area contributed by atoms with Crippen LogP contribution in [0.3, 0.4) is 0 Å². The smallest absolute Gasteiger partial charge is 0.230 e. The van der Waals surface area contributed by atoms with Crippen LogP contribution in [0, 0.1) is 0 Å². The lowest BCUT2D eigenvalue weighted by Gasteiger charge is -2.15. The Labute approximate surface area is 145 Å². The van der Waals surface area contributed by atoms with Crippen molar-refractivity contribution < 1.29 is 9.53 Å². The van der Waals surface area contributed by atoms with Crippen LogP contribution < -0.4 is 15.8 Å². The van der Waals surface area contributed by atoms with Gasteiger partial charge in [-0.05, 0) is 37.0 Å². The summed E-state index contributed by atoms with van der Waals surface area (Å²) >= 11 is 1.54. The number of nitrogens with two attached hydrogens (primary N) is 1. The maximum absolute atomic E-state index is 12.1. The lowest BCUT2D eigenvalue weighted by molar-refractivity contribution is -0.115. The molecule has 0 fully saturated rings. The van der Waals surface area contributed by atoms with Crippen molar-refractivity contribution in [1.82, 2.24) is 4.98 Å². The van der Waals surface area contributed by atoms with Crippen molar-refractivity contribution in [3.63, 3.8) is 0 Å². The van der Waals surface area contributed by atoms with Gasteiger partial charge in [0.1, 0.15) is 5.75 Å². The van der Waals surface area contributed by atoms with Gasteiger partial charge in [-0.3, -0.25) is 4.79 Å². The molecule has 5 nitrogen and oxygen atoms in total. The van der Waals surface area contributed by atoms with Crippen LogP contribution in [-0.4, -0.2) is 24.0 Å². The molecule has 23 heavy (non-hydrogen) atoms. The minimum Gasteiger partial charge on any atom is -0.497 e. The van der Waals surface area contributed by atoms with E-state index in [1.54, 1.807) is 18.4 Å². The highest BCUT2D eigenvalue weighted by Crippen LogP contribution is 2.29. The number of ether oxygens (including phenoxy) is 1. The van der Waals surface area contributed by atoms with E-state index in [4.69, 9.17) is 10.5 Å². The maximum Gasteiger partial charge on any atom is 0.230 e. The van der Waals surface area contributed by atoms with Crippen molar-refractivity contribution >= 4 is 34.8 Å². The number of nitrogens with one attached hydrogen (secondary N) is 1. The van der Waals surface area contributed by atoms with E-state index in [0.717, 1.165) is 36.3 Å². The average molecular weight is 354 g/mol. The van der Waals surface area contributed by atoms with Gasteiger partial charge < -0.3 is 15.8 Å². The van der Waals surface area contributed by atoms with E-state index in [1.807, 2.05) is 24.3 Å². The summed E-state index contributed by atoms with van der Waals surface area (Å²) in [5.41, 5.74) is 8.00. The Balaban J connectivity index is 0.00000192. The maximum atomic E-state index is 12.1. The van der Waals surface area contributed by atoms with Crippen molar-refractivity contribution in [2.24, 2.45) is 5.73 Å². The minimum atomic E-state index is -0.0550. The summed E-state index contributed by atoms with van der Waals surface area (Å²) in [6.45, 7) is 0. The average Bonchev–Trinajstić information content (AvgIpc) is 2.89. The fourth-order valence-corrected chi connectivity index (χ4v) is 3.66. The van der Waals surface area contributed by atoms with Crippen LogP contribution in [0.2, 0.25) is 0 Å². The Morgan fingerprint density at radius 1 is 1.43 bits per heavy atom. The Morgan fingerprint density at radius 2 is 2.17 bits per heavy atom. The lowest BCUT2D eigenvalue weighted by atomic mass is 9.99. The molecular formula is C16H20ClN3O2S. The monoisotopic (exact) mass is 353 g/mol. The molecule has 0 spiro atoms. The summed E-state index contributed by atoms with van der Waals surface area (Å²) in [5.74, 6) is 0.730. The van der Waals surface area contributed by atoms with Crippen molar-refractivity contribution in [3.05, 3.63) is 40.4 Å². The molecular weight excluding hydrogens is 334 g/mol. The molecule has 0 radical (unpaired) electrons. The van der Waals surface area contributed by atoms with Gasteiger partial charge in [0.2, 0.25) is 5.91 Å². The number of rotatable bonds is 4. The predicted molar refractivity (Wildman–Crippen MR) is 94.7 cm³/mol. The fraction of sp³-hybridized carbons (Fsp3) is 0.375. The zero-order valence-corrected chi connectivity index (χ0v) is 14.5. The number of anilines is 1. The third-order valence-electron chi connectivity index (χ3n) is 3.75. The molecule has 3 N–H and O–H groups in total. The van der Waals surface area contributed by atoms with E-state index in [1.165, 1.54) is 4.88 Å². The number of carbonyl (C=O) groups excluding carboxylic acids is 1. The summed E-state index contributed by atoms with van der Waals surface area (Å²) in [6, 6.07) is 7.71. The van der Waals surface area contributed by atoms with Crippen molar-refractivity contribution in [1.29, 1.82) is 0 Å². The summed E-state index contributed by atoms with van der Waals surface area (Å²) in [4.78, 5) is 17.8. The number of aromatic nitrogens is 1. The van der Waals surface area contributed by atoms with Crippen LogP contribution in [0.1, 0.15) is 22.6 Å². The third kappa shape index (κ3) is 4.43. The predicted octanol–water partition coefficient (Wildman–Crippen LogP) is 2.57. The van der Waals surface area contributed by atoms with Gasteiger partial charge in [-0.25, -0.2) is 4.98 Å². The fourth-order valence-electron chi connectivity index (χ4n) is 2.55. The molecule has 1 atom stereocenters. The Bertz CT molecular complexity index is 672. The van der Waals surface area contributed by atoms with Gasteiger partial charge in [0, 0.05) is 10.9 Å². The van der Waals surface area contributed by atoms with Gasteiger partial charge in [0.15, 0.2) is 5.13 Å². The Morgan fingerprint density at radius 3 is 2.87 bits per heavy atom. The van der Waals surface area contributed by atoms with Crippen LogP contribution in [0.4, 0.5) is 5.13 Å². The SMILES string of the molecule is COc1ccc(CC(=O)Nc2nc3c(s2)C[C@@H](N)CC3)cc1.Cl. The van der Waals surface area contributed by atoms with Gasteiger partial charge in [-0.1, -0.05) is 12.1 Å². The first kappa shape index (κ1) is 17.7. The number of amides is 1. The number of nitrogens with zero attached hydrogens (tertiary/aromatic N) is 1. The number of aryl methyl sites for hydroxylation is 1. The second kappa shape index (κ2) is 7.77. The third-order valence-corrected chi connectivity index (χ3v) is 4.78. The molecule has 0 unspecified atom stereocenters. The highest BCUT2D eigenvalue weighted by Gasteiger charge is 2.20. The number of halogens is 1. The number of methoxy groups -OCH3 is 1. The molecule has 3 rings (SSSR count). The van der Waals surface area contributed by atoms with Crippen LogP contribution >= 0.6 is 23.7 Å². The number of fused-ring (bicyclic) bond motifs is 1. The normalized spacial score (nSPS) is 16.2. The molecule has 1 aliphatic carbocycles. The lowest BCUT2D eigenvalue weighted by Crippen LogP contribution is -2.27. The van der Waals surface area contributed by atoms with Gasteiger partial charge in [0.05, 0.1) is 19.2 Å². The summed E-state index contributed by atoms with van der Waals surface area (Å²) in [7, 11) is 1.62.